The second kappa shape index (κ2) is 9.91. The molecule has 1 heterocycles. The summed E-state index contributed by atoms with van der Waals surface area (Å²) in [4.78, 5) is 38.5. The first-order valence-electron chi connectivity index (χ1n) is 11.1. The average Bonchev–Trinajstić information content (AvgIpc) is 3.08. The van der Waals surface area contributed by atoms with Gasteiger partial charge >= 0.3 is 11.9 Å². The predicted molar refractivity (Wildman–Crippen MR) is 131 cm³/mol. The molecule has 3 rings (SSSR count). The van der Waals surface area contributed by atoms with Crippen LogP contribution >= 0.6 is 11.3 Å². The molecule has 0 radical (unpaired) electrons. The summed E-state index contributed by atoms with van der Waals surface area (Å²) in [6.07, 6.45) is 4.29. The lowest BCUT2D eigenvalue weighted by Crippen LogP contribution is -2.34. The van der Waals surface area contributed by atoms with E-state index in [1.165, 1.54) is 16.9 Å². The Hall–Kier alpha value is -2.93. The molecule has 176 valence electrons. The molecule has 0 unspecified atom stereocenters. The van der Waals surface area contributed by atoms with Crippen LogP contribution in [0.25, 0.3) is 11.1 Å². The number of carbonyl (C=O) groups excluding carboxylic acids is 2. The van der Waals surface area contributed by atoms with Crippen molar-refractivity contribution in [3.05, 3.63) is 52.4 Å². The maximum atomic E-state index is 13.1. The lowest BCUT2D eigenvalue weighted by molar-refractivity contribution is -0.146. The van der Waals surface area contributed by atoms with Crippen LogP contribution < -0.4 is 5.32 Å². The van der Waals surface area contributed by atoms with Crippen LogP contribution in [0.2, 0.25) is 0 Å². The minimum absolute atomic E-state index is 0.000448. The highest BCUT2D eigenvalue weighted by Crippen LogP contribution is 2.41. The number of carboxylic acids is 1. The Morgan fingerprint density at radius 1 is 1.09 bits per heavy atom. The Morgan fingerprint density at radius 3 is 2.24 bits per heavy atom. The topological polar surface area (TPSA) is 92.7 Å². The van der Waals surface area contributed by atoms with Crippen LogP contribution in [0.3, 0.4) is 0 Å². The average molecular weight is 470 g/mol. The third kappa shape index (κ3) is 5.36. The van der Waals surface area contributed by atoms with Gasteiger partial charge in [0.25, 0.3) is 0 Å². The van der Waals surface area contributed by atoms with E-state index in [2.05, 4.69) is 26.1 Å². The van der Waals surface area contributed by atoms with Crippen LogP contribution in [0.4, 0.5) is 5.00 Å². The van der Waals surface area contributed by atoms with Crippen molar-refractivity contribution < 1.29 is 24.2 Å². The largest absolute Gasteiger partial charge is 0.481 e. The first-order chi connectivity index (χ1) is 15.5. The van der Waals surface area contributed by atoms with Gasteiger partial charge in [0.15, 0.2) is 0 Å². The van der Waals surface area contributed by atoms with Gasteiger partial charge in [0.05, 0.1) is 18.4 Å². The van der Waals surface area contributed by atoms with Gasteiger partial charge in [0, 0.05) is 10.4 Å². The number of hydrogen-bond acceptors (Lipinski definition) is 5. The van der Waals surface area contributed by atoms with E-state index in [0.717, 1.165) is 16.0 Å². The second-order valence-corrected chi connectivity index (χ2v) is 10.5. The highest BCUT2D eigenvalue weighted by atomic mass is 32.1. The minimum atomic E-state index is -0.993. The third-order valence-electron chi connectivity index (χ3n) is 5.93. The number of thiophene rings is 1. The Bertz CT molecular complexity index is 1080. The molecule has 1 aliphatic rings. The molecule has 1 aromatic heterocycles. The number of carbonyl (C=O) groups is 3. The third-order valence-corrected chi connectivity index (χ3v) is 6.95. The van der Waals surface area contributed by atoms with Crippen molar-refractivity contribution in [2.24, 2.45) is 11.8 Å². The van der Waals surface area contributed by atoms with Crippen LogP contribution in [-0.2, 0) is 19.7 Å². The van der Waals surface area contributed by atoms with Crippen LogP contribution in [-0.4, -0.2) is 29.6 Å². The molecule has 7 heteroatoms. The minimum Gasteiger partial charge on any atom is -0.481 e. The number of esters is 1. The highest BCUT2D eigenvalue weighted by molar-refractivity contribution is 7.17. The number of ether oxygens (including phenoxy) is 1. The normalized spacial score (nSPS) is 18.1. The summed E-state index contributed by atoms with van der Waals surface area (Å²) in [5, 5.41) is 12.8. The van der Waals surface area contributed by atoms with Crippen molar-refractivity contribution in [2.45, 2.75) is 52.9 Å². The summed E-state index contributed by atoms with van der Waals surface area (Å²) >= 11 is 1.30. The fraction of sp³-hybridized carbons (Fsp3) is 0.423. The Labute approximate surface area is 198 Å². The molecule has 2 N–H and O–H groups in total. The van der Waals surface area contributed by atoms with Gasteiger partial charge in [-0.15, -0.1) is 11.3 Å². The smallest absolute Gasteiger partial charge is 0.341 e. The number of nitrogens with one attached hydrogen (secondary N) is 1. The summed E-state index contributed by atoms with van der Waals surface area (Å²) in [5.41, 5.74) is 3.09. The van der Waals surface area contributed by atoms with Gasteiger partial charge in [-0.25, -0.2) is 4.79 Å². The number of anilines is 1. The number of allylic oxidation sites excluding steroid dienone is 2. The van der Waals surface area contributed by atoms with Gasteiger partial charge in [0.2, 0.25) is 5.91 Å². The first kappa shape index (κ1) is 24.7. The molecule has 1 aromatic carbocycles. The van der Waals surface area contributed by atoms with Crippen molar-refractivity contribution in [1.82, 2.24) is 0 Å². The van der Waals surface area contributed by atoms with E-state index < -0.39 is 29.7 Å². The van der Waals surface area contributed by atoms with Crippen molar-refractivity contribution >= 4 is 34.2 Å². The Kier molecular flexibility index (Phi) is 7.42. The van der Waals surface area contributed by atoms with E-state index in [1.54, 1.807) is 13.0 Å². The number of benzene rings is 1. The molecule has 33 heavy (non-hydrogen) atoms. The number of hydrogen-bond donors (Lipinski definition) is 2. The standard InChI is InChI=1S/C26H31NO5S/c1-6-32-25(31)21-20(16-11-13-17(14-12-16)26(3,4)5)15(2)33-23(21)27-22(28)18-9-7-8-10-19(18)24(29)30/h7-8,11-14,18-19H,6,9-10H2,1-5H3,(H,27,28)(H,29,30)/t18-,19-/m0/s1. The predicted octanol–water partition coefficient (Wildman–Crippen LogP) is 5.80. The lowest BCUT2D eigenvalue weighted by Gasteiger charge is -2.24. The molecule has 2 atom stereocenters. The summed E-state index contributed by atoms with van der Waals surface area (Å²) in [6.45, 7) is 10.3. The van der Waals surface area contributed by atoms with E-state index in [0.29, 0.717) is 23.4 Å². The molecule has 0 fully saturated rings. The van der Waals surface area contributed by atoms with Crippen molar-refractivity contribution in [3.8, 4) is 11.1 Å². The van der Waals surface area contributed by atoms with Gasteiger partial charge < -0.3 is 15.2 Å². The van der Waals surface area contributed by atoms with Gasteiger partial charge in [-0.05, 0) is 43.2 Å². The molecule has 1 amide bonds. The molecular formula is C26H31NO5S. The monoisotopic (exact) mass is 469 g/mol. The maximum Gasteiger partial charge on any atom is 0.341 e. The number of rotatable bonds is 6. The molecule has 0 aliphatic heterocycles. The molecule has 0 saturated carbocycles. The SMILES string of the molecule is CCOC(=O)c1c(NC(=O)[C@H]2CC=CC[C@@H]2C(=O)O)sc(C)c1-c1ccc(C(C)(C)C)cc1. The Balaban J connectivity index is 2.01. The highest BCUT2D eigenvalue weighted by Gasteiger charge is 2.35. The summed E-state index contributed by atoms with van der Waals surface area (Å²) in [5.74, 6) is -3.38. The number of carboxylic acid groups (broad SMARTS) is 1. The molecule has 1 aliphatic carbocycles. The van der Waals surface area contributed by atoms with Crippen LogP contribution in [0.1, 0.15) is 61.3 Å². The van der Waals surface area contributed by atoms with E-state index >= 15 is 0 Å². The summed E-state index contributed by atoms with van der Waals surface area (Å²) in [7, 11) is 0. The molecule has 0 spiro atoms. The van der Waals surface area contributed by atoms with E-state index in [9.17, 15) is 19.5 Å². The van der Waals surface area contributed by atoms with Crippen molar-refractivity contribution in [2.75, 3.05) is 11.9 Å². The molecule has 0 saturated heterocycles. The summed E-state index contributed by atoms with van der Waals surface area (Å²) < 4.78 is 5.32. The molecule has 6 nitrogen and oxygen atoms in total. The Morgan fingerprint density at radius 2 is 1.70 bits per heavy atom. The van der Waals surface area contributed by atoms with E-state index in [1.807, 2.05) is 37.3 Å². The van der Waals surface area contributed by atoms with E-state index in [-0.39, 0.29) is 12.0 Å². The second-order valence-electron chi connectivity index (χ2n) is 9.27. The zero-order valence-electron chi connectivity index (χ0n) is 19.7. The van der Waals surface area contributed by atoms with E-state index in [4.69, 9.17) is 4.74 Å². The molecule has 0 bridgehead atoms. The maximum absolute atomic E-state index is 13.1. The van der Waals surface area contributed by atoms with Crippen LogP contribution in [0, 0.1) is 18.8 Å². The van der Waals surface area contributed by atoms with Gasteiger partial charge in [-0.2, -0.15) is 0 Å². The molecule has 2 aromatic rings. The molecular weight excluding hydrogens is 438 g/mol. The number of aliphatic carboxylic acids is 1. The van der Waals surface area contributed by atoms with Crippen molar-refractivity contribution in [1.29, 1.82) is 0 Å². The summed E-state index contributed by atoms with van der Waals surface area (Å²) in [6, 6.07) is 8.06. The number of aryl methyl sites for hydroxylation is 1. The zero-order chi connectivity index (χ0) is 24.3. The first-order valence-corrected chi connectivity index (χ1v) is 12.0. The van der Waals surface area contributed by atoms with Gasteiger partial charge in [0.1, 0.15) is 10.6 Å². The van der Waals surface area contributed by atoms with Gasteiger partial charge in [-0.1, -0.05) is 57.2 Å². The van der Waals surface area contributed by atoms with Gasteiger partial charge in [-0.3, -0.25) is 9.59 Å². The zero-order valence-corrected chi connectivity index (χ0v) is 20.5. The number of amides is 1. The lowest BCUT2D eigenvalue weighted by atomic mass is 9.82. The fourth-order valence-corrected chi connectivity index (χ4v) is 5.16. The van der Waals surface area contributed by atoms with Crippen LogP contribution in [0.15, 0.2) is 36.4 Å². The quantitative estimate of drug-likeness (QED) is 0.412. The van der Waals surface area contributed by atoms with Crippen molar-refractivity contribution in [3.63, 3.8) is 0 Å². The fourth-order valence-electron chi connectivity index (χ4n) is 4.10. The van der Waals surface area contributed by atoms with Crippen LogP contribution in [0.5, 0.6) is 0 Å².